The van der Waals surface area contributed by atoms with Gasteiger partial charge in [-0.2, -0.15) is 5.10 Å². The van der Waals surface area contributed by atoms with Gasteiger partial charge in [-0.3, -0.25) is 9.48 Å². The molecule has 0 N–H and O–H groups in total. The van der Waals surface area contributed by atoms with Crippen molar-refractivity contribution in [2.75, 3.05) is 13.2 Å². The molecular weight excluding hydrogens is 278 g/mol. The number of aromatic nitrogens is 2. The third kappa shape index (κ3) is 2.35. The summed E-state index contributed by atoms with van der Waals surface area (Å²) in [5.74, 6) is 0.655. The van der Waals surface area contributed by atoms with Gasteiger partial charge in [-0.05, 0) is 39.0 Å². The molecule has 1 atom stereocenters. The summed E-state index contributed by atoms with van der Waals surface area (Å²) in [6, 6.07) is 0.171. The molecule has 120 valence electrons. The molecule has 1 aromatic heterocycles. The van der Waals surface area contributed by atoms with Crippen LogP contribution in [0.15, 0.2) is 0 Å². The van der Waals surface area contributed by atoms with Crippen LogP contribution in [0.3, 0.4) is 0 Å². The zero-order valence-electron chi connectivity index (χ0n) is 13.4. The highest BCUT2D eigenvalue weighted by Crippen LogP contribution is 2.39. The molecule has 2 aliphatic heterocycles. The first kappa shape index (κ1) is 14.2. The topological polar surface area (TPSA) is 47.4 Å². The van der Waals surface area contributed by atoms with E-state index in [0.717, 1.165) is 57.5 Å². The highest BCUT2D eigenvalue weighted by molar-refractivity contribution is 5.81. The van der Waals surface area contributed by atoms with Crippen LogP contribution in [0.25, 0.3) is 0 Å². The van der Waals surface area contributed by atoms with Crippen molar-refractivity contribution < 1.29 is 9.53 Å². The Labute approximate surface area is 131 Å². The van der Waals surface area contributed by atoms with E-state index in [2.05, 4.69) is 16.5 Å². The van der Waals surface area contributed by atoms with Gasteiger partial charge in [0.15, 0.2) is 0 Å². The van der Waals surface area contributed by atoms with Crippen molar-refractivity contribution in [2.45, 2.75) is 64.6 Å². The predicted octanol–water partition coefficient (Wildman–Crippen LogP) is 2.44. The first-order chi connectivity index (χ1) is 10.8. The third-order valence-corrected chi connectivity index (χ3v) is 5.25. The molecule has 0 bridgehead atoms. The van der Waals surface area contributed by atoms with Gasteiger partial charge in [-0.1, -0.05) is 0 Å². The Morgan fingerprint density at radius 1 is 1.32 bits per heavy atom. The maximum Gasteiger partial charge on any atom is 0.226 e. The summed E-state index contributed by atoms with van der Waals surface area (Å²) in [4.78, 5) is 14.8. The molecule has 5 nitrogen and oxygen atoms in total. The van der Waals surface area contributed by atoms with Crippen LogP contribution in [0.1, 0.15) is 62.0 Å². The van der Waals surface area contributed by atoms with Crippen LogP contribution in [0.5, 0.6) is 0 Å². The van der Waals surface area contributed by atoms with E-state index in [4.69, 9.17) is 9.84 Å². The van der Waals surface area contributed by atoms with Gasteiger partial charge in [0, 0.05) is 36.7 Å². The molecule has 1 aliphatic carbocycles. The first-order valence-corrected chi connectivity index (χ1v) is 8.76. The van der Waals surface area contributed by atoms with Crippen molar-refractivity contribution in [1.29, 1.82) is 0 Å². The second kappa shape index (κ2) is 5.69. The summed E-state index contributed by atoms with van der Waals surface area (Å²) in [6.45, 7) is 5.38. The van der Waals surface area contributed by atoms with Gasteiger partial charge in [0.2, 0.25) is 5.91 Å². The first-order valence-electron chi connectivity index (χ1n) is 8.76. The number of aryl methyl sites for hydroxylation is 1. The van der Waals surface area contributed by atoms with Crippen LogP contribution in [0, 0.1) is 5.92 Å². The molecular formula is C17H25N3O2. The fourth-order valence-electron chi connectivity index (χ4n) is 3.91. The second-order valence-electron chi connectivity index (χ2n) is 6.75. The fourth-order valence-corrected chi connectivity index (χ4v) is 3.91. The number of amides is 1. The number of carbonyl (C=O) groups excluding carboxylic acids is 1. The van der Waals surface area contributed by atoms with E-state index < -0.39 is 0 Å². The number of likely N-dealkylation sites (tertiary alicyclic amines) is 1. The number of piperidine rings is 1. The normalized spacial score (nSPS) is 25.1. The van der Waals surface area contributed by atoms with Crippen LogP contribution in [0.4, 0.5) is 0 Å². The van der Waals surface area contributed by atoms with Crippen LogP contribution in [-0.4, -0.2) is 33.7 Å². The molecule has 0 radical (unpaired) electrons. The molecule has 1 amide bonds. The number of rotatable bonds is 3. The lowest BCUT2D eigenvalue weighted by atomic mass is 9.95. The Balaban J connectivity index is 1.69. The molecule has 22 heavy (non-hydrogen) atoms. The largest absolute Gasteiger partial charge is 0.376 e. The van der Waals surface area contributed by atoms with Crippen LogP contribution >= 0.6 is 0 Å². The SMILES string of the molecule is CCn1nc(C2CCCCN2C(=O)C2CC2)c2c1CCOC2. The van der Waals surface area contributed by atoms with Gasteiger partial charge in [0.05, 0.1) is 24.9 Å². The lowest BCUT2D eigenvalue weighted by molar-refractivity contribution is -0.136. The minimum atomic E-state index is 0.171. The highest BCUT2D eigenvalue weighted by atomic mass is 16.5. The summed E-state index contributed by atoms with van der Waals surface area (Å²) in [6.07, 6.45) is 6.46. The van der Waals surface area contributed by atoms with Gasteiger partial charge >= 0.3 is 0 Å². The van der Waals surface area contributed by atoms with E-state index in [1.807, 2.05) is 0 Å². The lowest BCUT2D eigenvalue weighted by Gasteiger charge is -2.35. The maximum atomic E-state index is 12.6. The predicted molar refractivity (Wildman–Crippen MR) is 82.3 cm³/mol. The number of carbonyl (C=O) groups is 1. The van der Waals surface area contributed by atoms with E-state index in [1.165, 1.54) is 17.7 Å². The van der Waals surface area contributed by atoms with E-state index in [-0.39, 0.29) is 6.04 Å². The van der Waals surface area contributed by atoms with Crippen LogP contribution in [-0.2, 0) is 29.1 Å². The maximum absolute atomic E-state index is 12.6. The number of hydrogen-bond acceptors (Lipinski definition) is 3. The molecule has 1 aromatic rings. The fraction of sp³-hybridized carbons (Fsp3) is 0.765. The molecule has 0 aromatic carbocycles. The minimum Gasteiger partial charge on any atom is -0.376 e. The zero-order chi connectivity index (χ0) is 15.1. The lowest BCUT2D eigenvalue weighted by Crippen LogP contribution is -2.40. The van der Waals surface area contributed by atoms with E-state index in [1.54, 1.807) is 0 Å². The van der Waals surface area contributed by atoms with Crippen molar-refractivity contribution in [3.05, 3.63) is 17.0 Å². The van der Waals surface area contributed by atoms with Crippen molar-refractivity contribution >= 4 is 5.91 Å². The molecule has 0 spiro atoms. The summed E-state index contributed by atoms with van der Waals surface area (Å²) >= 11 is 0. The van der Waals surface area contributed by atoms with Crippen molar-refractivity contribution in [2.24, 2.45) is 5.92 Å². The van der Waals surface area contributed by atoms with Crippen LogP contribution < -0.4 is 0 Å². The Bertz CT molecular complexity index is 577. The number of hydrogen-bond donors (Lipinski definition) is 0. The third-order valence-electron chi connectivity index (χ3n) is 5.25. The Morgan fingerprint density at radius 3 is 2.95 bits per heavy atom. The molecule has 1 saturated carbocycles. The van der Waals surface area contributed by atoms with Gasteiger partial charge < -0.3 is 9.64 Å². The average Bonchev–Trinajstić information content (AvgIpc) is 3.35. The van der Waals surface area contributed by atoms with Crippen LogP contribution in [0.2, 0.25) is 0 Å². The summed E-state index contributed by atoms with van der Waals surface area (Å²) in [7, 11) is 0. The number of ether oxygens (including phenoxy) is 1. The summed E-state index contributed by atoms with van der Waals surface area (Å²) in [5, 5.41) is 4.89. The van der Waals surface area contributed by atoms with Gasteiger partial charge in [0.1, 0.15) is 0 Å². The van der Waals surface area contributed by atoms with E-state index >= 15 is 0 Å². The van der Waals surface area contributed by atoms with E-state index in [0.29, 0.717) is 18.4 Å². The summed E-state index contributed by atoms with van der Waals surface area (Å²) in [5.41, 5.74) is 3.70. The average molecular weight is 303 g/mol. The van der Waals surface area contributed by atoms with Crippen molar-refractivity contribution in [3.63, 3.8) is 0 Å². The highest BCUT2D eigenvalue weighted by Gasteiger charge is 2.39. The minimum absolute atomic E-state index is 0.171. The second-order valence-corrected chi connectivity index (χ2v) is 6.75. The smallest absolute Gasteiger partial charge is 0.226 e. The van der Waals surface area contributed by atoms with Gasteiger partial charge in [0.25, 0.3) is 0 Å². The van der Waals surface area contributed by atoms with Crippen molar-refractivity contribution in [1.82, 2.24) is 14.7 Å². The molecule has 3 aliphatic rings. The van der Waals surface area contributed by atoms with Crippen molar-refractivity contribution in [3.8, 4) is 0 Å². The number of fused-ring (bicyclic) bond motifs is 1. The standard InChI is InChI=1S/C17H25N3O2/c1-2-20-14-8-10-22-11-13(14)16(18-20)15-5-3-4-9-19(15)17(21)12-6-7-12/h12,15H,2-11H2,1H3. The summed E-state index contributed by atoms with van der Waals surface area (Å²) < 4.78 is 7.81. The zero-order valence-corrected chi connectivity index (χ0v) is 13.4. The Kier molecular flexibility index (Phi) is 3.68. The quantitative estimate of drug-likeness (QED) is 0.861. The number of nitrogens with zero attached hydrogens (tertiary/aromatic N) is 3. The molecule has 1 unspecified atom stereocenters. The Morgan fingerprint density at radius 2 is 2.18 bits per heavy atom. The monoisotopic (exact) mass is 303 g/mol. The molecule has 1 saturated heterocycles. The van der Waals surface area contributed by atoms with Gasteiger partial charge in [-0.25, -0.2) is 0 Å². The molecule has 5 heteroatoms. The molecule has 3 heterocycles. The molecule has 2 fully saturated rings. The van der Waals surface area contributed by atoms with Gasteiger partial charge in [-0.15, -0.1) is 0 Å². The van der Waals surface area contributed by atoms with E-state index in [9.17, 15) is 4.79 Å². The Hall–Kier alpha value is -1.36. The molecule has 4 rings (SSSR count).